The van der Waals surface area contributed by atoms with Crippen molar-refractivity contribution in [2.75, 3.05) is 4.90 Å². The lowest BCUT2D eigenvalue weighted by Crippen LogP contribution is -2.09. The zero-order valence-corrected chi connectivity index (χ0v) is 19.2. The standard InChI is InChI=1S/C31H25NS/c1-4-10-25(11-5-1)24-26-16-20-30(21-17-26)33-31-22-18-29(19-23-31)32(27-12-6-2-7-13-27)28-14-8-3-9-15-28/h1-23H,24H2. The zero-order valence-electron chi connectivity index (χ0n) is 18.3. The van der Waals surface area contributed by atoms with Gasteiger partial charge < -0.3 is 4.90 Å². The Morgan fingerprint density at radius 3 is 1.30 bits per heavy atom. The number of hydrogen-bond donors (Lipinski definition) is 0. The van der Waals surface area contributed by atoms with E-state index in [1.165, 1.54) is 20.9 Å². The summed E-state index contributed by atoms with van der Waals surface area (Å²) in [5.74, 6) is 0. The van der Waals surface area contributed by atoms with Crippen molar-refractivity contribution in [3.05, 3.63) is 151 Å². The molecule has 2 heteroatoms. The second-order valence-corrected chi connectivity index (χ2v) is 9.06. The molecule has 0 aliphatic rings. The van der Waals surface area contributed by atoms with Crippen molar-refractivity contribution in [1.82, 2.24) is 0 Å². The summed E-state index contributed by atoms with van der Waals surface area (Å²) in [7, 11) is 0. The van der Waals surface area contributed by atoms with Gasteiger partial charge in [0.15, 0.2) is 0 Å². The summed E-state index contributed by atoms with van der Waals surface area (Å²) in [6, 6.07) is 49.3. The van der Waals surface area contributed by atoms with Gasteiger partial charge in [-0.1, -0.05) is 90.6 Å². The topological polar surface area (TPSA) is 3.24 Å². The van der Waals surface area contributed by atoms with E-state index in [1.807, 2.05) is 0 Å². The number of nitrogens with zero attached hydrogens (tertiary/aromatic N) is 1. The Hall–Kier alpha value is -3.75. The summed E-state index contributed by atoms with van der Waals surface area (Å²) in [5, 5.41) is 0. The molecule has 0 unspecified atom stereocenters. The summed E-state index contributed by atoms with van der Waals surface area (Å²) in [6.07, 6.45) is 0.968. The fourth-order valence-corrected chi connectivity index (χ4v) is 4.72. The molecule has 0 spiro atoms. The maximum atomic E-state index is 2.28. The van der Waals surface area contributed by atoms with Crippen LogP contribution in [0.15, 0.2) is 149 Å². The molecule has 0 aliphatic carbocycles. The first-order valence-corrected chi connectivity index (χ1v) is 12.0. The molecule has 0 N–H and O–H groups in total. The van der Waals surface area contributed by atoms with Crippen LogP contribution < -0.4 is 4.90 Å². The van der Waals surface area contributed by atoms with Crippen molar-refractivity contribution in [2.45, 2.75) is 16.2 Å². The molecule has 0 atom stereocenters. The molecule has 5 aromatic carbocycles. The minimum atomic E-state index is 0.968. The van der Waals surface area contributed by atoms with E-state index in [2.05, 4.69) is 144 Å². The monoisotopic (exact) mass is 443 g/mol. The molecule has 0 aromatic heterocycles. The van der Waals surface area contributed by atoms with Crippen molar-refractivity contribution in [3.8, 4) is 0 Å². The minimum Gasteiger partial charge on any atom is -0.311 e. The molecule has 160 valence electrons. The van der Waals surface area contributed by atoms with Gasteiger partial charge in [-0.3, -0.25) is 0 Å². The molecule has 33 heavy (non-hydrogen) atoms. The third-order valence-electron chi connectivity index (χ3n) is 5.53. The van der Waals surface area contributed by atoms with E-state index in [0.29, 0.717) is 0 Å². The van der Waals surface area contributed by atoms with Crippen molar-refractivity contribution in [1.29, 1.82) is 0 Å². The molecule has 5 aromatic rings. The van der Waals surface area contributed by atoms with Crippen molar-refractivity contribution in [3.63, 3.8) is 0 Å². The van der Waals surface area contributed by atoms with Crippen LogP contribution in [-0.4, -0.2) is 0 Å². The molecule has 0 heterocycles. The molecule has 0 aliphatic heterocycles. The highest BCUT2D eigenvalue weighted by Crippen LogP contribution is 2.36. The summed E-state index contributed by atoms with van der Waals surface area (Å²) < 4.78 is 0. The zero-order chi connectivity index (χ0) is 22.3. The molecule has 5 rings (SSSR count). The predicted octanol–water partition coefficient (Wildman–Crippen LogP) is 8.90. The van der Waals surface area contributed by atoms with E-state index in [9.17, 15) is 0 Å². The van der Waals surface area contributed by atoms with Crippen LogP contribution in [-0.2, 0) is 6.42 Å². The number of rotatable bonds is 7. The number of anilines is 3. The van der Waals surface area contributed by atoms with Crippen molar-refractivity contribution < 1.29 is 0 Å². The Bertz CT molecular complexity index is 1230. The molecular formula is C31H25NS. The van der Waals surface area contributed by atoms with Crippen LogP contribution in [0.3, 0.4) is 0 Å². The van der Waals surface area contributed by atoms with Gasteiger partial charge in [0.25, 0.3) is 0 Å². The predicted molar refractivity (Wildman–Crippen MR) is 141 cm³/mol. The lowest BCUT2D eigenvalue weighted by Gasteiger charge is -2.25. The van der Waals surface area contributed by atoms with Crippen molar-refractivity contribution >= 4 is 28.8 Å². The average Bonchev–Trinajstić information content (AvgIpc) is 2.88. The van der Waals surface area contributed by atoms with E-state index in [1.54, 1.807) is 11.8 Å². The van der Waals surface area contributed by atoms with Crippen LogP contribution in [0.2, 0.25) is 0 Å². The van der Waals surface area contributed by atoms with E-state index in [-0.39, 0.29) is 0 Å². The summed E-state index contributed by atoms with van der Waals surface area (Å²) in [4.78, 5) is 4.77. The molecule has 0 bridgehead atoms. The van der Waals surface area contributed by atoms with E-state index in [0.717, 1.165) is 23.5 Å². The van der Waals surface area contributed by atoms with Crippen LogP contribution in [0.1, 0.15) is 11.1 Å². The highest BCUT2D eigenvalue weighted by Gasteiger charge is 2.11. The van der Waals surface area contributed by atoms with Gasteiger partial charge in [0, 0.05) is 26.9 Å². The third-order valence-corrected chi connectivity index (χ3v) is 6.55. The Balaban J connectivity index is 1.32. The molecule has 0 radical (unpaired) electrons. The van der Waals surface area contributed by atoms with Gasteiger partial charge in [0.2, 0.25) is 0 Å². The Morgan fingerprint density at radius 2 is 0.788 bits per heavy atom. The van der Waals surface area contributed by atoms with Gasteiger partial charge >= 0.3 is 0 Å². The SMILES string of the molecule is c1ccc(Cc2ccc(Sc3ccc(N(c4ccccc4)c4ccccc4)cc3)cc2)cc1. The van der Waals surface area contributed by atoms with Crippen LogP contribution in [0.4, 0.5) is 17.1 Å². The minimum absolute atomic E-state index is 0.968. The summed E-state index contributed by atoms with van der Waals surface area (Å²) in [6.45, 7) is 0. The number of benzene rings is 5. The second-order valence-electron chi connectivity index (χ2n) is 7.91. The van der Waals surface area contributed by atoms with Crippen LogP contribution in [0.5, 0.6) is 0 Å². The van der Waals surface area contributed by atoms with Gasteiger partial charge in [-0.15, -0.1) is 0 Å². The summed E-state index contributed by atoms with van der Waals surface area (Å²) in [5.41, 5.74) is 6.13. The molecule has 0 amide bonds. The summed E-state index contributed by atoms with van der Waals surface area (Å²) >= 11 is 1.80. The van der Waals surface area contributed by atoms with E-state index < -0.39 is 0 Å². The average molecular weight is 444 g/mol. The highest BCUT2D eigenvalue weighted by molar-refractivity contribution is 7.99. The maximum Gasteiger partial charge on any atom is 0.0462 e. The first kappa shape index (κ1) is 21.1. The highest BCUT2D eigenvalue weighted by atomic mass is 32.2. The lowest BCUT2D eigenvalue weighted by molar-refractivity contribution is 1.18. The Kier molecular flexibility index (Phi) is 6.56. The third kappa shape index (κ3) is 5.36. The Labute approximate surface area is 200 Å². The second kappa shape index (κ2) is 10.2. The van der Waals surface area contributed by atoms with Gasteiger partial charge in [-0.25, -0.2) is 0 Å². The quantitative estimate of drug-likeness (QED) is 0.247. The van der Waals surface area contributed by atoms with E-state index in [4.69, 9.17) is 0 Å². The van der Waals surface area contributed by atoms with Gasteiger partial charge in [0.05, 0.1) is 0 Å². The molecule has 0 saturated carbocycles. The van der Waals surface area contributed by atoms with E-state index >= 15 is 0 Å². The number of hydrogen-bond acceptors (Lipinski definition) is 2. The Morgan fingerprint density at radius 1 is 0.394 bits per heavy atom. The molecular weight excluding hydrogens is 418 g/mol. The van der Waals surface area contributed by atoms with Gasteiger partial charge in [-0.2, -0.15) is 0 Å². The van der Waals surface area contributed by atoms with Gasteiger partial charge in [0.1, 0.15) is 0 Å². The molecule has 0 fully saturated rings. The van der Waals surface area contributed by atoms with Crippen LogP contribution >= 0.6 is 11.8 Å². The maximum absolute atomic E-state index is 2.28. The molecule has 1 nitrogen and oxygen atoms in total. The normalized spacial score (nSPS) is 10.7. The van der Waals surface area contributed by atoms with Crippen LogP contribution in [0, 0.1) is 0 Å². The van der Waals surface area contributed by atoms with Crippen LogP contribution in [0.25, 0.3) is 0 Å². The van der Waals surface area contributed by atoms with Gasteiger partial charge in [-0.05, 0) is 78.2 Å². The lowest BCUT2D eigenvalue weighted by atomic mass is 10.1. The molecule has 0 saturated heterocycles. The first-order valence-electron chi connectivity index (χ1n) is 11.2. The first-order chi connectivity index (χ1) is 16.3. The number of para-hydroxylation sites is 2. The van der Waals surface area contributed by atoms with Crippen molar-refractivity contribution in [2.24, 2.45) is 0 Å². The fraction of sp³-hybridized carbons (Fsp3) is 0.0323. The largest absolute Gasteiger partial charge is 0.311 e. The smallest absolute Gasteiger partial charge is 0.0462 e. The fourth-order valence-electron chi connectivity index (χ4n) is 3.91.